The fourth-order valence-corrected chi connectivity index (χ4v) is 0.822. The van der Waals surface area contributed by atoms with Gasteiger partial charge in [0.25, 0.3) is 0 Å². The van der Waals surface area contributed by atoms with E-state index in [9.17, 15) is 9.59 Å². The van der Waals surface area contributed by atoms with Crippen LogP contribution < -0.4 is 0 Å². The molecule has 0 radical (unpaired) electrons. The van der Waals surface area contributed by atoms with E-state index in [0.717, 1.165) is 12.7 Å². The van der Waals surface area contributed by atoms with Crippen LogP contribution in [-0.2, 0) is 14.3 Å². The van der Waals surface area contributed by atoms with Crippen LogP contribution >= 0.6 is 0 Å². The smallest absolute Gasteiger partial charge is 0.305 e. The molecular formula is C8H14O3. The zero-order valence-corrected chi connectivity index (χ0v) is 7.00. The zero-order chi connectivity index (χ0) is 8.69. The molecule has 0 saturated carbocycles. The van der Waals surface area contributed by atoms with E-state index in [0.29, 0.717) is 12.8 Å². The average molecular weight is 158 g/mol. The fourth-order valence-electron chi connectivity index (χ4n) is 0.822. The Labute approximate surface area is 66.7 Å². The molecule has 0 heterocycles. The quantitative estimate of drug-likeness (QED) is 0.445. The first-order valence-corrected chi connectivity index (χ1v) is 3.71. The number of hydrogen-bond donors (Lipinski definition) is 0. The molecule has 3 nitrogen and oxygen atoms in total. The Hall–Kier alpha value is -0.860. The number of methoxy groups -OCH3 is 1. The predicted octanol–water partition coefficient (Wildman–Crippen LogP) is 1.16. The first-order valence-electron chi connectivity index (χ1n) is 3.71. The number of hydrogen-bond acceptors (Lipinski definition) is 3. The molecule has 0 spiro atoms. The summed E-state index contributed by atoms with van der Waals surface area (Å²) in [6, 6.07) is 0. The molecule has 0 amide bonds. The van der Waals surface area contributed by atoms with E-state index < -0.39 is 0 Å². The third-order valence-electron chi connectivity index (χ3n) is 1.52. The molecule has 0 aliphatic rings. The maximum Gasteiger partial charge on any atom is 0.305 e. The van der Waals surface area contributed by atoms with Crippen molar-refractivity contribution in [3.63, 3.8) is 0 Å². The molecule has 0 bridgehead atoms. The van der Waals surface area contributed by atoms with E-state index in [1.807, 2.05) is 6.92 Å². The van der Waals surface area contributed by atoms with Crippen LogP contribution in [0.2, 0.25) is 0 Å². The van der Waals surface area contributed by atoms with Gasteiger partial charge in [-0.2, -0.15) is 0 Å². The molecular weight excluding hydrogens is 144 g/mol. The first-order chi connectivity index (χ1) is 5.20. The number of aldehydes is 1. The van der Waals surface area contributed by atoms with Gasteiger partial charge in [-0.25, -0.2) is 0 Å². The third kappa shape index (κ3) is 5.58. The maximum atomic E-state index is 10.7. The summed E-state index contributed by atoms with van der Waals surface area (Å²) in [6.45, 7) is 1.93. The van der Waals surface area contributed by atoms with Crippen molar-refractivity contribution >= 4 is 12.3 Å². The van der Waals surface area contributed by atoms with Gasteiger partial charge in [-0.05, 0) is 12.3 Å². The molecule has 1 atom stereocenters. The Morgan fingerprint density at radius 3 is 2.73 bits per heavy atom. The average Bonchev–Trinajstić information content (AvgIpc) is 2.00. The molecule has 0 aromatic heterocycles. The molecule has 0 saturated heterocycles. The van der Waals surface area contributed by atoms with Gasteiger partial charge in [-0.15, -0.1) is 0 Å². The molecule has 0 aromatic carbocycles. The second kappa shape index (κ2) is 5.89. The fraction of sp³-hybridized carbons (Fsp3) is 0.750. The molecule has 64 valence electrons. The summed E-state index contributed by atoms with van der Waals surface area (Å²) in [4.78, 5) is 20.6. The number of esters is 1. The van der Waals surface area contributed by atoms with Gasteiger partial charge >= 0.3 is 5.97 Å². The Bertz CT molecular complexity index is 131. The van der Waals surface area contributed by atoms with E-state index in [-0.39, 0.29) is 11.9 Å². The topological polar surface area (TPSA) is 43.4 Å². The molecule has 0 aromatic rings. The summed E-state index contributed by atoms with van der Waals surface area (Å²) in [5, 5.41) is 0. The van der Waals surface area contributed by atoms with Crippen LogP contribution in [0.4, 0.5) is 0 Å². The number of carbonyl (C=O) groups excluding carboxylic acids is 2. The Morgan fingerprint density at radius 2 is 2.27 bits per heavy atom. The summed E-state index contributed by atoms with van der Waals surface area (Å²) in [7, 11) is 1.37. The molecule has 0 rings (SSSR count). The molecule has 11 heavy (non-hydrogen) atoms. The van der Waals surface area contributed by atoms with Gasteiger partial charge in [0.15, 0.2) is 0 Å². The van der Waals surface area contributed by atoms with Gasteiger partial charge in [-0.1, -0.05) is 6.92 Å². The normalized spacial score (nSPS) is 12.2. The van der Waals surface area contributed by atoms with Crippen molar-refractivity contribution in [1.29, 1.82) is 0 Å². The van der Waals surface area contributed by atoms with E-state index >= 15 is 0 Å². The Morgan fingerprint density at radius 1 is 1.64 bits per heavy atom. The van der Waals surface area contributed by atoms with Crippen LogP contribution in [0.3, 0.4) is 0 Å². The van der Waals surface area contributed by atoms with Crippen LogP contribution in [0.1, 0.15) is 26.2 Å². The second-order valence-corrected chi connectivity index (χ2v) is 2.63. The number of carbonyl (C=O) groups is 2. The highest BCUT2D eigenvalue weighted by molar-refractivity contribution is 5.69. The van der Waals surface area contributed by atoms with Crippen LogP contribution in [-0.4, -0.2) is 19.4 Å². The maximum absolute atomic E-state index is 10.7. The minimum atomic E-state index is -0.205. The lowest BCUT2D eigenvalue weighted by molar-refractivity contribution is -0.141. The summed E-state index contributed by atoms with van der Waals surface area (Å²) in [5.74, 6) is 0.0380. The van der Waals surface area contributed by atoms with Gasteiger partial charge in [0.05, 0.1) is 7.11 Å². The Balaban J connectivity index is 3.42. The highest BCUT2D eigenvalue weighted by atomic mass is 16.5. The van der Waals surface area contributed by atoms with Crippen molar-refractivity contribution in [2.24, 2.45) is 5.92 Å². The van der Waals surface area contributed by atoms with E-state index in [1.165, 1.54) is 7.11 Å². The first kappa shape index (κ1) is 10.1. The van der Waals surface area contributed by atoms with E-state index in [4.69, 9.17) is 0 Å². The molecule has 0 aliphatic carbocycles. The summed E-state index contributed by atoms with van der Waals surface area (Å²) in [6.07, 6.45) is 2.56. The van der Waals surface area contributed by atoms with Gasteiger partial charge in [-0.3, -0.25) is 4.79 Å². The van der Waals surface area contributed by atoms with E-state index in [1.54, 1.807) is 0 Å². The third-order valence-corrected chi connectivity index (χ3v) is 1.52. The molecule has 0 unspecified atom stereocenters. The van der Waals surface area contributed by atoms with Crippen LogP contribution in [0, 0.1) is 5.92 Å². The summed E-state index contributed by atoms with van der Waals surface area (Å²) < 4.78 is 4.47. The highest BCUT2D eigenvalue weighted by Gasteiger charge is 2.07. The molecule has 0 N–H and O–H groups in total. The highest BCUT2D eigenvalue weighted by Crippen LogP contribution is 2.09. The standard InChI is InChI=1S/C8H14O3/c1-7(4-3-5-9)6-8(10)11-2/h5,7H,3-4,6H2,1-2H3/t7-/m1/s1. The van der Waals surface area contributed by atoms with Crippen molar-refractivity contribution in [2.45, 2.75) is 26.2 Å². The van der Waals surface area contributed by atoms with E-state index in [2.05, 4.69) is 4.74 Å². The van der Waals surface area contributed by atoms with Gasteiger partial charge < -0.3 is 9.53 Å². The number of rotatable bonds is 5. The van der Waals surface area contributed by atoms with Crippen molar-refractivity contribution in [2.75, 3.05) is 7.11 Å². The monoisotopic (exact) mass is 158 g/mol. The van der Waals surface area contributed by atoms with Crippen LogP contribution in [0.5, 0.6) is 0 Å². The lowest BCUT2D eigenvalue weighted by Crippen LogP contribution is -2.07. The lowest BCUT2D eigenvalue weighted by Gasteiger charge is -2.06. The second-order valence-electron chi connectivity index (χ2n) is 2.63. The zero-order valence-electron chi connectivity index (χ0n) is 7.00. The molecule has 0 fully saturated rings. The molecule has 0 aliphatic heterocycles. The van der Waals surface area contributed by atoms with Crippen molar-refractivity contribution in [1.82, 2.24) is 0 Å². The summed E-state index contributed by atoms with van der Waals surface area (Å²) in [5.41, 5.74) is 0. The van der Waals surface area contributed by atoms with Gasteiger partial charge in [0.1, 0.15) is 6.29 Å². The number of ether oxygens (including phenoxy) is 1. The lowest BCUT2D eigenvalue weighted by atomic mass is 10.0. The van der Waals surface area contributed by atoms with Crippen molar-refractivity contribution in [3.8, 4) is 0 Å². The van der Waals surface area contributed by atoms with Crippen LogP contribution in [0.25, 0.3) is 0 Å². The van der Waals surface area contributed by atoms with Gasteiger partial charge in [0.2, 0.25) is 0 Å². The largest absolute Gasteiger partial charge is 0.469 e. The Kier molecular flexibility index (Phi) is 5.43. The molecule has 3 heteroatoms. The van der Waals surface area contributed by atoms with Crippen molar-refractivity contribution < 1.29 is 14.3 Å². The summed E-state index contributed by atoms with van der Waals surface area (Å²) >= 11 is 0. The minimum absolute atomic E-state index is 0.205. The SMILES string of the molecule is COC(=O)C[C@H](C)CCC=O. The van der Waals surface area contributed by atoms with Crippen LogP contribution in [0.15, 0.2) is 0 Å². The minimum Gasteiger partial charge on any atom is -0.469 e. The predicted molar refractivity (Wildman–Crippen MR) is 41.1 cm³/mol. The van der Waals surface area contributed by atoms with Gasteiger partial charge in [0, 0.05) is 12.8 Å². The van der Waals surface area contributed by atoms with Crippen molar-refractivity contribution in [3.05, 3.63) is 0 Å².